The van der Waals surface area contributed by atoms with E-state index >= 15 is 0 Å². The maximum Gasteiger partial charge on any atom is 0.229 e. The van der Waals surface area contributed by atoms with Crippen LogP contribution in [-0.4, -0.2) is 48.2 Å². The summed E-state index contributed by atoms with van der Waals surface area (Å²) in [6.45, 7) is 7.29. The monoisotopic (exact) mass is 240 g/mol. The first-order chi connectivity index (χ1) is 8.03. The van der Waals surface area contributed by atoms with Crippen molar-refractivity contribution in [1.82, 2.24) is 10.2 Å². The molecule has 2 aliphatic rings. The largest absolute Gasteiger partial charge is 0.393 e. The zero-order valence-electron chi connectivity index (χ0n) is 10.9. The first-order valence-electron chi connectivity index (χ1n) is 6.71. The van der Waals surface area contributed by atoms with Gasteiger partial charge in [0.15, 0.2) is 0 Å². The number of rotatable bonds is 2. The normalized spacial score (nSPS) is 32.8. The minimum atomic E-state index is -0.240. The lowest BCUT2D eigenvalue weighted by molar-refractivity contribution is -0.142. The Balaban J connectivity index is 1.90. The van der Waals surface area contributed by atoms with Crippen molar-refractivity contribution in [3.05, 3.63) is 0 Å². The highest BCUT2D eigenvalue weighted by atomic mass is 16.3. The van der Waals surface area contributed by atoms with Gasteiger partial charge in [-0.05, 0) is 45.6 Å². The zero-order valence-corrected chi connectivity index (χ0v) is 10.9. The molecule has 0 aromatic carbocycles. The summed E-state index contributed by atoms with van der Waals surface area (Å²) in [4.78, 5) is 14.4. The fourth-order valence-corrected chi connectivity index (χ4v) is 2.97. The Morgan fingerprint density at radius 1 is 1.47 bits per heavy atom. The average Bonchev–Trinajstić information content (AvgIpc) is 2.76. The first-order valence-corrected chi connectivity index (χ1v) is 6.71. The van der Waals surface area contributed by atoms with Crippen LogP contribution in [0.25, 0.3) is 0 Å². The molecular formula is C13H24N2O2. The summed E-state index contributed by atoms with van der Waals surface area (Å²) >= 11 is 0. The zero-order chi connectivity index (χ0) is 12.5. The van der Waals surface area contributed by atoms with E-state index in [-0.39, 0.29) is 11.5 Å². The Bertz CT molecular complexity index is 277. The summed E-state index contributed by atoms with van der Waals surface area (Å²) in [5, 5.41) is 12.8. The molecule has 0 aliphatic carbocycles. The molecule has 2 atom stereocenters. The van der Waals surface area contributed by atoms with Crippen molar-refractivity contribution < 1.29 is 9.90 Å². The summed E-state index contributed by atoms with van der Waals surface area (Å²) in [5.74, 6) is 0.667. The van der Waals surface area contributed by atoms with Crippen LogP contribution >= 0.6 is 0 Å². The molecule has 0 radical (unpaired) electrons. The molecular weight excluding hydrogens is 216 g/mol. The molecule has 4 nitrogen and oxygen atoms in total. The van der Waals surface area contributed by atoms with Crippen LogP contribution in [0.4, 0.5) is 0 Å². The highest BCUT2D eigenvalue weighted by Crippen LogP contribution is 2.30. The van der Waals surface area contributed by atoms with Gasteiger partial charge in [0.1, 0.15) is 0 Å². The van der Waals surface area contributed by atoms with Crippen LogP contribution in [0.1, 0.15) is 33.1 Å². The van der Waals surface area contributed by atoms with Crippen LogP contribution in [0.15, 0.2) is 0 Å². The number of piperidine rings is 1. The molecule has 2 unspecified atom stereocenters. The Morgan fingerprint density at radius 2 is 2.12 bits per heavy atom. The van der Waals surface area contributed by atoms with Crippen molar-refractivity contribution in [2.75, 3.05) is 26.2 Å². The topological polar surface area (TPSA) is 52.6 Å². The van der Waals surface area contributed by atoms with Crippen LogP contribution in [0.3, 0.4) is 0 Å². The maximum atomic E-state index is 12.4. The van der Waals surface area contributed by atoms with Gasteiger partial charge in [0.05, 0.1) is 11.5 Å². The lowest BCUT2D eigenvalue weighted by Crippen LogP contribution is -2.48. The lowest BCUT2D eigenvalue weighted by Gasteiger charge is -2.37. The lowest BCUT2D eigenvalue weighted by atomic mass is 9.85. The number of carbonyl (C=O) groups is 1. The van der Waals surface area contributed by atoms with E-state index in [1.807, 2.05) is 11.8 Å². The number of nitrogens with one attached hydrogen (secondary N) is 1. The van der Waals surface area contributed by atoms with Crippen molar-refractivity contribution >= 4 is 5.91 Å². The number of aliphatic hydroxyl groups excluding tert-OH is 1. The molecule has 1 amide bonds. The van der Waals surface area contributed by atoms with Crippen LogP contribution in [0.2, 0.25) is 0 Å². The molecule has 0 bridgehead atoms. The van der Waals surface area contributed by atoms with Gasteiger partial charge in [-0.1, -0.05) is 0 Å². The van der Waals surface area contributed by atoms with Gasteiger partial charge in [-0.2, -0.15) is 0 Å². The number of hydrogen-bond acceptors (Lipinski definition) is 3. The van der Waals surface area contributed by atoms with E-state index < -0.39 is 0 Å². The molecule has 98 valence electrons. The molecule has 2 saturated heterocycles. The van der Waals surface area contributed by atoms with Crippen LogP contribution in [-0.2, 0) is 4.79 Å². The number of carbonyl (C=O) groups excluding carboxylic acids is 1. The Morgan fingerprint density at radius 3 is 2.59 bits per heavy atom. The second kappa shape index (κ2) is 4.94. The van der Waals surface area contributed by atoms with Crippen molar-refractivity contribution in [1.29, 1.82) is 0 Å². The molecule has 0 aromatic rings. The number of aliphatic hydroxyl groups is 1. The summed E-state index contributed by atoms with van der Waals surface area (Å²) in [7, 11) is 0. The predicted octanol–water partition coefficient (Wildman–Crippen LogP) is 0.605. The van der Waals surface area contributed by atoms with E-state index in [1.54, 1.807) is 0 Å². The van der Waals surface area contributed by atoms with Gasteiger partial charge < -0.3 is 15.3 Å². The number of hydrogen-bond donors (Lipinski definition) is 2. The molecule has 2 heterocycles. The Labute approximate surface area is 103 Å². The molecule has 2 aliphatic heterocycles. The van der Waals surface area contributed by atoms with Gasteiger partial charge in [0.25, 0.3) is 0 Å². The molecule has 2 fully saturated rings. The van der Waals surface area contributed by atoms with Gasteiger partial charge >= 0.3 is 0 Å². The Kier molecular flexibility index (Phi) is 3.73. The minimum Gasteiger partial charge on any atom is -0.393 e. The molecule has 17 heavy (non-hydrogen) atoms. The summed E-state index contributed by atoms with van der Waals surface area (Å²) in [6, 6.07) is 0. The molecule has 0 spiro atoms. The van der Waals surface area contributed by atoms with E-state index in [1.165, 1.54) is 0 Å². The van der Waals surface area contributed by atoms with Crippen molar-refractivity contribution in [3.63, 3.8) is 0 Å². The third kappa shape index (κ3) is 2.63. The fraction of sp³-hybridized carbons (Fsp3) is 0.923. The van der Waals surface area contributed by atoms with Crippen LogP contribution in [0.5, 0.6) is 0 Å². The van der Waals surface area contributed by atoms with Gasteiger partial charge in [-0.3, -0.25) is 4.79 Å². The summed E-state index contributed by atoms with van der Waals surface area (Å²) < 4.78 is 0. The van der Waals surface area contributed by atoms with Gasteiger partial charge in [-0.25, -0.2) is 0 Å². The van der Waals surface area contributed by atoms with Crippen LogP contribution in [0, 0.1) is 11.3 Å². The van der Waals surface area contributed by atoms with E-state index in [2.05, 4.69) is 12.2 Å². The van der Waals surface area contributed by atoms with Crippen molar-refractivity contribution in [2.45, 2.75) is 39.2 Å². The number of likely N-dealkylation sites (tertiary alicyclic amines) is 1. The first kappa shape index (κ1) is 12.8. The van der Waals surface area contributed by atoms with Crippen molar-refractivity contribution in [3.8, 4) is 0 Å². The van der Waals surface area contributed by atoms with Crippen molar-refractivity contribution in [2.24, 2.45) is 11.3 Å². The van der Waals surface area contributed by atoms with Gasteiger partial charge in [-0.15, -0.1) is 0 Å². The van der Waals surface area contributed by atoms with E-state index in [0.717, 1.165) is 45.4 Å². The molecule has 2 N–H and O–H groups in total. The maximum absolute atomic E-state index is 12.4. The number of nitrogens with zero attached hydrogens (tertiary/aromatic N) is 1. The smallest absolute Gasteiger partial charge is 0.229 e. The van der Waals surface area contributed by atoms with E-state index in [9.17, 15) is 9.90 Å². The minimum absolute atomic E-state index is 0.197. The number of amides is 1. The third-order valence-corrected chi connectivity index (χ3v) is 4.39. The quantitative estimate of drug-likeness (QED) is 0.743. The van der Waals surface area contributed by atoms with E-state index in [0.29, 0.717) is 11.8 Å². The van der Waals surface area contributed by atoms with Crippen LogP contribution < -0.4 is 5.32 Å². The van der Waals surface area contributed by atoms with E-state index in [4.69, 9.17) is 0 Å². The second-order valence-corrected chi connectivity index (χ2v) is 5.86. The SMILES string of the molecule is CC(O)C1CCN(C(=O)C2(C)CCNC2)CC1. The fourth-order valence-electron chi connectivity index (χ4n) is 2.97. The standard InChI is InChI=1S/C13H24N2O2/c1-10(16)11-3-7-15(8-4-11)12(17)13(2)5-6-14-9-13/h10-11,14,16H,3-9H2,1-2H3. The van der Waals surface area contributed by atoms with Gasteiger partial charge in [0.2, 0.25) is 5.91 Å². The van der Waals surface area contributed by atoms with Gasteiger partial charge in [0, 0.05) is 19.6 Å². The highest BCUT2D eigenvalue weighted by Gasteiger charge is 2.40. The summed E-state index contributed by atoms with van der Waals surface area (Å²) in [5.41, 5.74) is -0.197. The second-order valence-electron chi connectivity index (χ2n) is 5.86. The summed E-state index contributed by atoms with van der Waals surface area (Å²) in [6.07, 6.45) is 2.58. The highest BCUT2D eigenvalue weighted by molar-refractivity contribution is 5.83. The molecule has 0 aromatic heterocycles. The average molecular weight is 240 g/mol. The molecule has 2 rings (SSSR count). The molecule has 4 heteroatoms. The third-order valence-electron chi connectivity index (χ3n) is 4.39. The predicted molar refractivity (Wildman–Crippen MR) is 66.6 cm³/mol. The molecule has 0 saturated carbocycles. The Hall–Kier alpha value is -0.610.